The lowest BCUT2D eigenvalue weighted by atomic mass is 10.0. The van der Waals surface area contributed by atoms with Crippen LogP contribution in [0.5, 0.6) is 0 Å². The van der Waals surface area contributed by atoms with Crippen LogP contribution in [0.15, 0.2) is 4.99 Å². The van der Waals surface area contributed by atoms with Gasteiger partial charge in [0.2, 0.25) is 0 Å². The third-order valence-electron chi connectivity index (χ3n) is 1.22. The maximum absolute atomic E-state index is 6.54. The first-order chi connectivity index (χ1) is 3.62. The Hall–Kier alpha value is -0.330. The third-order valence-corrected chi connectivity index (χ3v) is 1.22. The second kappa shape index (κ2) is 4.54. The maximum atomic E-state index is 6.54. The topological polar surface area (TPSA) is 36.2 Å². The van der Waals surface area contributed by atoms with E-state index in [1.165, 1.54) is 0 Å². The van der Waals surface area contributed by atoms with E-state index in [1.54, 1.807) is 0 Å². The van der Waals surface area contributed by atoms with Gasteiger partial charge in [-0.2, -0.15) is 0 Å². The van der Waals surface area contributed by atoms with E-state index in [-0.39, 0.29) is 17.9 Å². The Morgan fingerprint density at radius 2 is 2.00 bits per heavy atom. The Kier molecular flexibility index (Phi) is 5.78. The Morgan fingerprint density at radius 3 is 2.11 bits per heavy atom. The summed E-state index contributed by atoms with van der Waals surface area (Å²) in [6.45, 7) is 6.00. The van der Waals surface area contributed by atoms with Crippen molar-refractivity contribution in [2.45, 2.75) is 32.7 Å². The van der Waals surface area contributed by atoms with E-state index in [1.807, 2.05) is 26.8 Å². The predicted octanol–water partition coefficient (Wildman–Crippen LogP) is 2.35. The van der Waals surface area contributed by atoms with Crippen LogP contribution < -0.4 is 0 Å². The van der Waals surface area contributed by atoms with E-state index >= 15 is 0 Å². The van der Waals surface area contributed by atoms with Crippen LogP contribution in [0, 0.1) is 5.41 Å². The highest BCUT2D eigenvalue weighted by Crippen LogP contribution is 2.10. The lowest BCUT2D eigenvalue weighted by molar-refractivity contribution is 0.507. The van der Waals surface area contributed by atoms with Crippen molar-refractivity contribution in [3.05, 3.63) is 0 Å². The molecule has 0 aromatic rings. The first-order valence-electron chi connectivity index (χ1n) is 2.76. The summed E-state index contributed by atoms with van der Waals surface area (Å²) < 4.78 is 0. The van der Waals surface area contributed by atoms with Gasteiger partial charge in [0.05, 0.1) is 11.5 Å². The smallest absolute Gasteiger partial charge is 0.0867 e. The third kappa shape index (κ3) is 5.54. The second-order valence-electron chi connectivity index (χ2n) is 2.39. The van der Waals surface area contributed by atoms with Crippen molar-refractivity contribution in [3.8, 4) is 0 Å². The minimum absolute atomic E-state index is 0. The highest BCUT2D eigenvalue weighted by Gasteiger charge is 2.10. The minimum atomic E-state index is -0.0816. The number of aliphatic imine (C=N–C) groups is 1. The number of rotatable bonds is 2. The summed E-state index contributed by atoms with van der Waals surface area (Å²) in [5.74, 6) is 0. The SMILES string of the molecule is CCC(C)(C)N=C=N.Cl. The van der Waals surface area contributed by atoms with E-state index in [0.29, 0.717) is 0 Å². The molecule has 0 aromatic heterocycles. The molecule has 0 heterocycles. The molecule has 0 saturated heterocycles. The quantitative estimate of drug-likeness (QED) is 0.584. The molecule has 0 aliphatic heterocycles. The van der Waals surface area contributed by atoms with Crippen molar-refractivity contribution in [3.63, 3.8) is 0 Å². The summed E-state index contributed by atoms with van der Waals surface area (Å²) in [5.41, 5.74) is -0.0816. The molecule has 0 unspecified atom stereocenters. The van der Waals surface area contributed by atoms with Gasteiger partial charge in [-0.3, -0.25) is 0 Å². The molecule has 0 amide bonds. The van der Waals surface area contributed by atoms with Crippen LogP contribution in [-0.2, 0) is 0 Å². The Bertz CT molecular complexity index is 114. The molecule has 9 heavy (non-hydrogen) atoms. The van der Waals surface area contributed by atoms with Crippen molar-refractivity contribution in [1.82, 2.24) is 0 Å². The molecule has 0 fully saturated rings. The summed E-state index contributed by atoms with van der Waals surface area (Å²) in [6.07, 6.45) is 0.957. The van der Waals surface area contributed by atoms with Crippen molar-refractivity contribution >= 4 is 18.4 Å². The van der Waals surface area contributed by atoms with Crippen LogP contribution in [0.4, 0.5) is 0 Å². The van der Waals surface area contributed by atoms with Crippen LogP contribution in [0.25, 0.3) is 0 Å². The zero-order valence-corrected chi connectivity index (χ0v) is 6.88. The van der Waals surface area contributed by atoms with Gasteiger partial charge in [-0.25, -0.2) is 10.4 Å². The molecule has 1 N–H and O–H groups in total. The molecule has 0 radical (unpaired) electrons. The summed E-state index contributed by atoms with van der Waals surface area (Å²) >= 11 is 0. The van der Waals surface area contributed by atoms with E-state index in [2.05, 4.69) is 4.99 Å². The van der Waals surface area contributed by atoms with E-state index < -0.39 is 0 Å². The summed E-state index contributed by atoms with van der Waals surface area (Å²) in [6, 6.07) is 2.03. The molecule has 0 atom stereocenters. The Balaban J connectivity index is 0. The summed E-state index contributed by atoms with van der Waals surface area (Å²) in [7, 11) is 0. The van der Waals surface area contributed by atoms with E-state index in [0.717, 1.165) is 6.42 Å². The fraction of sp³-hybridized carbons (Fsp3) is 0.833. The minimum Gasteiger partial charge on any atom is -0.242 e. The largest absolute Gasteiger partial charge is 0.242 e. The van der Waals surface area contributed by atoms with Gasteiger partial charge < -0.3 is 0 Å². The molecule has 0 saturated carbocycles. The number of nitrogens with one attached hydrogen (secondary N) is 1. The van der Waals surface area contributed by atoms with Gasteiger partial charge >= 0.3 is 0 Å². The number of hydrogen-bond donors (Lipinski definition) is 1. The molecular weight excluding hydrogens is 136 g/mol. The fourth-order valence-corrected chi connectivity index (χ4v) is 0.230. The van der Waals surface area contributed by atoms with Crippen LogP contribution in [0.2, 0.25) is 0 Å². The average molecular weight is 149 g/mol. The van der Waals surface area contributed by atoms with Gasteiger partial charge in [-0.1, -0.05) is 6.92 Å². The number of nitrogens with zero attached hydrogens (tertiary/aromatic N) is 1. The molecule has 0 rings (SSSR count). The van der Waals surface area contributed by atoms with Gasteiger partial charge in [0.1, 0.15) is 0 Å². The van der Waals surface area contributed by atoms with Gasteiger partial charge in [0, 0.05) is 0 Å². The predicted molar refractivity (Wildman–Crippen MR) is 41.8 cm³/mol. The van der Waals surface area contributed by atoms with Crippen molar-refractivity contribution in [2.75, 3.05) is 0 Å². The standard InChI is InChI=1S/C6H12N2.ClH/c1-4-6(2,3)8-5-7;/h7H,4H2,1-3H3;1H. The zero-order chi connectivity index (χ0) is 6.62. The van der Waals surface area contributed by atoms with Gasteiger partial charge in [0.25, 0.3) is 0 Å². The Morgan fingerprint density at radius 1 is 1.56 bits per heavy atom. The van der Waals surface area contributed by atoms with Gasteiger partial charge in [0.15, 0.2) is 0 Å². The van der Waals surface area contributed by atoms with Crippen molar-refractivity contribution in [2.24, 2.45) is 4.99 Å². The lowest BCUT2D eigenvalue weighted by Crippen LogP contribution is -2.13. The van der Waals surface area contributed by atoms with Crippen LogP contribution >= 0.6 is 12.4 Å². The normalized spacial score (nSPS) is 9.22. The molecule has 2 nitrogen and oxygen atoms in total. The molecule has 0 aliphatic rings. The van der Waals surface area contributed by atoms with Crippen molar-refractivity contribution in [1.29, 1.82) is 5.41 Å². The molecule has 0 aromatic carbocycles. The molecule has 3 heteroatoms. The van der Waals surface area contributed by atoms with Gasteiger partial charge in [-0.15, -0.1) is 12.4 Å². The molecule has 0 aliphatic carbocycles. The van der Waals surface area contributed by atoms with Gasteiger partial charge in [-0.05, 0) is 20.3 Å². The second-order valence-corrected chi connectivity index (χ2v) is 2.39. The maximum Gasteiger partial charge on any atom is 0.0867 e. The monoisotopic (exact) mass is 148 g/mol. The number of halogens is 1. The van der Waals surface area contributed by atoms with Crippen molar-refractivity contribution < 1.29 is 0 Å². The average Bonchev–Trinajstić information content (AvgIpc) is 1.67. The van der Waals surface area contributed by atoms with Crippen LogP contribution in [-0.4, -0.2) is 11.5 Å². The van der Waals surface area contributed by atoms with Crippen LogP contribution in [0.1, 0.15) is 27.2 Å². The highest BCUT2D eigenvalue weighted by molar-refractivity contribution is 5.85. The first kappa shape index (κ1) is 11.5. The zero-order valence-electron chi connectivity index (χ0n) is 6.06. The summed E-state index contributed by atoms with van der Waals surface area (Å²) in [5, 5.41) is 6.54. The number of hydrogen-bond acceptors (Lipinski definition) is 2. The lowest BCUT2D eigenvalue weighted by Gasteiger charge is -2.12. The molecule has 0 bridgehead atoms. The highest BCUT2D eigenvalue weighted by atomic mass is 35.5. The Labute approximate surface area is 62.3 Å². The molecule has 54 valence electrons. The fourth-order valence-electron chi connectivity index (χ4n) is 0.230. The molecule has 0 spiro atoms. The molecular formula is C6H13ClN2. The summed E-state index contributed by atoms with van der Waals surface area (Å²) in [4.78, 5) is 3.79. The van der Waals surface area contributed by atoms with E-state index in [9.17, 15) is 0 Å². The van der Waals surface area contributed by atoms with Crippen LogP contribution in [0.3, 0.4) is 0 Å². The first-order valence-corrected chi connectivity index (χ1v) is 2.76. The van der Waals surface area contributed by atoms with E-state index in [4.69, 9.17) is 5.41 Å².